The second kappa shape index (κ2) is 9.90. The summed E-state index contributed by atoms with van der Waals surface area (Å²) in [4.78, 5) is 25.7. The lowest BCUT2D eigenvalue weighted by molar-refractivity contribution is -0.121. The van der Waals surface area contributed by atoms with Crippen molar-refractivity contribution < 1.29 is 22.7 Å². The SMILES string of the molecule is CCOC(=O)N1CCC(NC(=O)CCNS(=O)(=O)c2ccc3ccccc3c2)CC1. The molecule has 1 fully saturated rings. The molecule has 0 aliphatic carbocycles. The first-order chi connectivity index (χ1) is 14.4. The number of carbonyl (C=O) groups excluding carboxylic acids is 2. The van der Waals surface area contributed by atoms with Crippen LogP contribution in [0.4, 0.5) is 4.79 Å². The van der Waals surface area contributed by atoms with Crippen molar-refractivity contribution in [3.8, 4) is 0 Å². The average Bonchev–Trinajstić information content (AvgIpc) is 2.74. The molecule has 1 aliphatic heterocycles. The number of hydrogen-bond donors (Lipinski definition) is 2. The van der Waals surface area contributed by atoms with Gasteiger partial charge in [-0.3, -0.25) is 4.79 Å². The standard InChI is InChI=1S/C21H27N3O5S/c1-2-29-21(26)24-13-10-18(11-14-24)23-20(25)9-12-22-30(27,28)19-8-7-16-5-3-4-6-17(16)15-19/h3-8,15,18,22H,2,9-14H2,1H3,(H,23,25). The van der Waals surface area contributed by atoms with Crippen LogP contribution in [0.25, 0.3) is 10.8 Å². The molecule has 0 unspecified atom stereocenters. The number of nitrogens with zero attached hydrogens (tertiary/aromatic N) is 1. The minimum atomic E-state index is -3.69. The minimum Gasteiger partial charge on any atom is -0.450 e. The van der Waals surface area contributed by atoms with Crippen LogP contribution in [0.2, 0.25) is 0 Å². The third-order valence-electron chi connectivity index (χ3n) is 5.06. The second-order valence-corrected chi connectivity index (χ2v) is 8.95. The fourth-order valence-electron chi connectivity index (χ4n) is 3.44. The molecule has 2 aromatic carbocycles. The van der Waals surface area contributed by atoms with Crippen molar-refractivity contribution in [2.24, 2.45) is 0 Å². The molecule has 0 bridgehead atoms. The molecule has 2 N–H and O–H groups in total. The molecule has 2 amide bonds. The van der Waals surface area contributed by atoms with Crippen LogP contribution in [0.15, 0.2) is 47.4 Å². The van der Waals surface area contributed by atoms with Gasteiger partial charge in [0.2, 0.25) is 15.9 Å². The highest BCUT2D eigenvalue weighted by molar-refractivity contribution is 7.89. The van der Waals surface area contributed by atoms with Crippen LogP contribution in [0, 0.1) is 0 Å². The summed E-state index contributed by atoms with van der Waals surface area (Å²) in [6, 6.07) is 12.4. The molecule has 30 heavy (non-hydrogen) atoms. The zero-order chi connectivity index (χ0) is 21.6. The molecule has 0 spiro atoms. The maximum Gasteiger partial charge on any atom is 0.409 e. The molecule has 8 nitrogen and oxygen atoms in total. The lowest BCUT2D eigenvalue weighted by atomic mass is 10.1. The van der Waals surface area contributed by atoms with Crippen LogP contribution in [-0.2, 0) is 19.6 Å². The fourth-order valence-corrected chi connectivity index (χ4v) is 4.50. The Morgan fingerprint density at radius 2 is 1.80 bits per heavy atom. The number of amides is 2. The van der Waals surface area contributed by atoms with Crippen molar-refractivity contribution in [2.75, 3.05) is 26.2 Å². The summed E-state index contributed by atoms with van der Waals surface area (Å²) in [5.74, 6) is -0.217. The summed E-state index contributed by atoms with van der Waals surface area (Å²) in [6.07, 6.45) is 1.01. The van der Waals surface area contributed by atoms with Crippen molar-refractivity contribution in [1.29, 1.82) is 0 Å². The molecule has 1 aliphatic rings. The van der Waals surface area contributed by atoms with Crippen LogP contribution in [0.3, 0.4) is 0 Å². The van der Waals surface area contributed by atoms with Gasteiger partial charge in [-0.25, -0.2) is 17.9 Å². The van der Waals surface area contributed by atoms with E-state index >= 15 is 0 Å². The summed E-state index contributed by atoms with van der Waals surface area (Å²) < 4.78 is 32.5. The van der Waals surface area contributed by atoms with Gasteiger partial charge in [-0.05, 0) is 42.7 Å². The van der Waals surface area contributed by atoms with Crippen LogP contribution in [0.1, 0.15) is 26.2 Å². The van der Waals surface area contributed by atoms with Crippen LogP contribution < -0.4 is 10.0 Å². The van der Waals surface area contributed by atoms with Crippen molar-refractivity contribution in [3.05, 3.63) is 42.5 Å². The number of nitrogens with one attached hydrogen (secondary N) is 2. The van der Waals surface area contributed by atoms with E-state index in [0.717, 1.165) is 10.8 Å². The Labute approximate surface area is 176 Å². The molecular weight excluding hydrogens is 406 g/mol. The number of sulfonamides is 1. The number of ether oxygens (including phenoxy) is 1. The number of likely N-dealkylation sites (tertiary alicyclic amines) is 1. The number of fused-ring (bicyclic) bond motifs is 1. The van der Waals surface area contributed by atoms with Crippen LogP contribution in [-0.4, -0.2) is 57.6 Å². The maximum absolute atomic E-state index is 12.5. The number of benzene rings is 2. The minimum absolute atomic E-state index is 0.0165. The van der Waals surface area contributed by atoms with Gasteiger partial charge in [0.1, 0.15) is 0 Å². The van der Waals surface area contributed by atoms with Crippen molar-refractivity contribution >= 4 is 32.8 Å². The maximum atomic E-state index is 12.5. The number of hydrogen-bond acceptors (Lipinski definition) is 5. The summed E-state index contributed by atoms with van der Waals surface area (Å²) in [6.45, 7) is 3.17. The zero-order valence-electron chi connectivity index (χ0n) is 17.0. The normalized spacial score (nSPS) is 15.2. The third kappa shape index (κ3) is 5.70. The average molecular weight is 434 g/mol. The largest absolute Gasteiger partial charge is 0.450 e. The highest BCUT2D eigenvalue weighted by Gasteiger charge is 2.24. The molecule has 0 aromatic heterocycles. The summed E-state index contributed by atoms with van der Waals surface area (Å²) in [7, 11) is -3.69. The van der Waals surface area contributed by atoms with Crippen molar-refractivity contribution in [3.63, 3.8) is 0 Å². The van der Waals surface area contributed by atoms with Gasteiger partial charge in [-0.1, -0.05) is 30.3 Å². The monoisotopic (exact) mass is 433 g/mol. The van der Waals surface area contributed by atoms with Crippen LogP contribution >= 0.6 is 0 Å². The zero-order valence-corrected chi connectivity index (χ0v) is 17.8. The van der Waals surface area contributed by atoms with Crippen molar-refractivity contribution in [2.45, 2.75) is 37.1 Å². The highest BCUT2D eigenvalue weighted by Crippen LogP contribution is 2.18. The van der Waals surface area contributed by atoms with E-state index < -0.39 is 10.0 Å². The number of rotatable bonds is 7. The van der Waals surface area contributed by atoms with Gasteiger partial charge in [-0.15, -0.1) is 0 Å². The molecule has 0 atom stereocenters. The van der Waals surface area contributed by atoms with E-state index in [-0.39, 0.29) is 35.9 Å². The van der Waals surface area contributed by atoms with E-state index in [1.807, 2.05) is 24.3 Å². The summed E-state index contributed by atoms with van der Waals surface area (Å²) in [5.41, 5.74) is 0. The van der Waals surface area contributed by atoms with E-state index in [2.05, 4.69) is 10.0 Å². The summed E-state index contributed by atoms with van der Waals surface area (Å²) in [5, 5.41) is 4.71. The van der Waals surface area contributed by atoms with E-state index in [4.69, 9.17) is 4.74 Å². The predicted molar refractivity (Wildman–Crippen MR) is 114 cm³/mol. The third-order valence-corrected chi connectivity index (χ3v) is 6.52. The lowest BCUT2D eigenvalue weighted by Gasteiger charge is -2.31. The van der Waals surface area contributed by atoms with Gasteiger partial charge in [-0.2, -0.15) is 0 Å². The number of carbonyl (C=O) groups is 2. The van der Waals surface area contributed by atoms with E-state index in [1.54, 1.807) is 30.0 Å². The smallest absolute Gasteiger partial charge is 0.409 e. The molecule has 0 saturated carbocycles. The molecule has 1 saturated heterocycles. The van der Waals surface area contributed by atoms with E-state index in [1.165, 1.54) is 0 Å². The highest BCUT2D eigenvalue weighted by atomic mass is 32.2. The topological polar surface area (TPSA) is 105 Å². The molecule has 1 heterocycles. The van der Waals surface area contributed by atoms with Gasteiger partial charge in [0.25, 0.3) is 0 Å². The van der Waals surface area contributed by atoms with Gasteiger partial charge in [0, 0.05) is 32.1 Å². The molecule has 2 aromatic rings. The summed E-state index contributed by atoms with van der Waals surface area (Å²) >= 11 is 0. The molecule has 3 rings (SSSR count). The van der Waals surface area contributed by atoms with Gasteiger partial charge >= 0.3 is 6.09 Å². The van der Waals surface area contributed by atoms with Crippen LogP contribution in [0.5, 0.6) is 0 Å². The Morgan fingerprint density at radius 1 is 1.10 bits per heavy atom. The quantitative estimate of drug-likeness (QED) is 0.697. The fraction of sp³-hybridized carbons (Fsp3) is 0.429. The van der Waals surface area contributed by atoms with Crippen molar-refractivity contribution in [1.82, 2.24) is 14.9 Å². The molecule has 162 valence electrons. The molecule has 0 radical (unpaired) electrons. The van der Waals surface area contributed by atoms with Gasteiger partial charge < -0.3 is 15.0 Å². The first-order valence-corrected chi connectivity index (χ1v) is 11.6. The Balaban J connectivity index is 1.44. The lowest BCUT2D eigenvalue weighted by Crippen LogP contribution is -2.47. The first-order valence-electron chi connectivity index (χ1n) is 10.1. The van der Waals surface area contributed by atoms with Gasteiger partial charge in [0.15, 0.2) is 0 Å². The van der Waals surface area contributed by atoms with E-state index in [0.29, 0.717) is 32.5 Å². The molecule has 9 heteroatoms. The Kier molecular flexibility index (Phi) is 7.28. The second-order valence-electron chi connectivity index (χ2n) is 7.18. The van der Waals surface area contributed by atoms with Gasteiger partial charge in [0.05, 0.1) is 11.5 Å². The Hall–Kier alpha value is -2.65. The Morgan fingerprint density at radius 3 is 2.50 bits per heavy atom. The molecular formula is C21H27N3O5S. The first kappa shape index (κ1) is 22.0. The van der Waals surface area contributed by atoms with E-state index in [9.17, 15) is 18.0 Å². The Bertz CT molecular complexity index is 1000. The number of piperidine rings is 1. The predicted octanol–water partition coefficient (Wildman–Crippen LogP) is 2.25.